The predicted octanol–water partition coefficient (Wildman–Crippen LogP) is 2.43. The summed E-state index contributed by atoms with van der Waals surface area (Å²) in [5.74, 6) is -0.185. The Morgan fingerprint density at radius 3 is 2.55 bits per heavy atom. The molecule has 2 rings (SSSR count). The monoisotopic (exact) mass is 274 g/mol. The molecule has 2 aromatic rings. The van der Waals surface area contributed by atoms with E-state index in [1.54, 1.807) is 23.9 Å². The minimum absolute atomic E-state index is 0.0186. The molecular weight excluding hydrogens is 256 g/mol. The summed E-state index contributed by atoms with van der Waals surface area (Å²) in [5, 5.41) is 13.4. The van der Waals surface area contributed by atoms with Crippen LogP contribution in [0.4, 0.5) is 0 Å². The normalized spacial score (nSPS) is 10.6. The Kier molecular flexibility index (Phi) is 3.79. The van der Waals surface area contributed by atoms with Gasteiger partial charge in [0, 0.05) is 5.69 Å². The standard InChI is InChI=1S/C15H18N2O3/c1-9-10(2)16-17(11(9)3)13-7-12(8-15(18)19)5-6-14(13)20-4/h5-7H,8H2,1-4H3,(H,18,19). The maximum Gasteiger partial charge on any atom is 0.307 e. The molecule has 0 unspecified atom stereocenters. The summed E-state index contributed by atoms with van der Waals surface area (Å²) in [7, 11) is 1.59. The van der Waals surface area contributed by atoms with Crippen LogP contribution in [0.25, 0.3) is 5.69 Å². The second-order valence-electron chi connectivity index (χ2n) is 4.78. The predicted molar refractivity (Wildman–Crippen MR) is 75.7 cm³/mol. The number of aryl methyl sites for hydroxylation is 1. The number of aliphatic carboxylic acids is 1. The molecule has 1 aromatic carbocycles. The Hall–Kier alpha value is -2.30. The lowest BCUT2D eigenvalue weighted by Gasteiger charge is -2.12. The van der Waals surface area contributed by atoms with Crippen molar-refractivity contribution in [3.8, 4) is 11.4 Å². The van der Waals surface area contributed by atoms with Gasteiger partial charge in [-0.15, -0.1) is 0 Å². The van der Waals surface area contributed by atoms with Crippen molar-refractivity contribution in [3.63, 3.8) is 0 Å². The molecule has 5 nitrogen and oxygen atoms in total. The second-order valence-corrected chi connectivity index (χ2v) is 4.78. The van der Waals surface area contributed by atoms with Crippen molar-refractivity contribution in [2.75, 3.05) is 7.11 Å². The van der Waals surface area contributed by atoms with Gasteiger partial charge >= 0.3 is 5.97 Å². The highest BCUT2D eigenvalue weighted by atomic mass is 16.5. The SMILES string of the molecule is COc1ccc(CC(=O)O)cc1-n1nc(C)c(C)c1C. The number of ether oxygens (including phenoxy) is 1. The van der Waals surface area contributed by atoms with Crippen LogP contribution in [0, 0.1) is 20.8 Å². The van der Waals surface area contributed by atoms with E-state index >= 15 is 0 Å². The van der Waals surface area contributed by atoms with Crippen molar-refractivity contribution < 1.29 is 14.6 Å². The highest BCUT2D eigenvalue weighted by molar-refractivity contribution is 5.71. The topological polar surface area (TPSA) is 64.3 Å². The first kappa shape index (κ1) is 14.1. The smallest absolute Gasteiger partial charge is 0.307 e. The Labute approximate surface area is 117 Å². The molecule has 1 N–H and O–H groups in total. The largest absolute Gasteiger partial charge is 0.494 e. The second kappa shape index (κ2) is 5.36. The zero-order valence-electron chi connectivity index (χ0n) is 12.1. The first-order valence-corrected chi connectivity index (χ1v) is 6.36. The van der Waals surface area contributed by atoms with Crippen LogP contribution in [0.5, 0.6) is 5.75 Å². The van der Waals surface area contributed by atoms with Crippen molar-refractivity contribution in [1.29, 1.82) is 0 Å². The number of hydrogen-bond donors (Lipinski definition) is 1. The van der Waals surface area contributed by atoms with E-state index in [9.17, 15) is 4.79 Å². The lowest BCUT2D eigenvalue weighted by atomic mass is 10.1. The number of aromatic nitrogens is 2. The molecule has 0 saturated carbocycles. The fourth-order valence-electron chi connectivity index (χ4n) is 2.14. The van der Waals surface area contributed by atoms with E-state index in [1.165, 1.54) is 0 Å². The fraction of sp³-hybridized carbons (Fsp3) is 0.333. The van der Waals surface area contributed by atoms with E-state index in [-0.39, 0.29) is 6.42 Å². The molecule has 0 saturated heterocycles. The highest BCUT2D eigenvalue weighted by Crippen LogP contribution is 2.27. The number of carboxylic acid groups (broad SMARTS) is 1. The molecule has 20 heavy (non-hydrogen) atoms. The van der Waals surface area contributed by atoms with Crippen LogP contribution >= 0.6 is 0 Å². The summed E-state index contributed by atoms with van der Waals surface area (Å²) in [6.45, 7) is 5.95. The van der Waals surface area contributed by atoms with Gasteiger partial charge in [-0.3, -0.25) is 4.79 Å². The van der Waals surface area contributed by atoms with Crippen LogP contribution in [0.3, 0.4) is 0 Å². The Balaban J connectivity index is 2.58. The summed E-state index contributed by atoms with van der Waals surface area (Å²) in [4.78, 5) is 10.8. The molecule has 0 spiro atoms. The lowest BCUT2D eigenvalue weighted by Crippen LogP contribution is -2.05. The van der Waals surface area contributed by atoms with Crippen LogP contribution < -0.4 is 4.74 Å². The first-order chi connectivity index (χ1) is 9.43. The molecular formula is C15H18N2O3. The van der Waals surface area contributed by atoms with Crippen LogP contribution in [-0.4, -0.2) is 28.0 Å². The highest BCUT2D eigenvalue weighted by Gasteiger charge is 2.14. The quantitative estimate of drug-likeness (QED) is 0.930. The zero-order valence-corrected chi connectivity index (χ0v) is 12.1. The van der Waals surface area contributed by atoms with E-state index in [0.717, 1.165) is 28.2 Å². The molecule has 0 aliphatic rings. The van der Waals surface area contributed by atoms with E-state index in [2.05, 4.69) is 5.10 Å². The van der Waals surface area contributed by atoms with Gasteiger partial charge in [0.15, 0.2) is 0 Å². The zero-order chi connectivity index (χ0) is 14.9. The van der Waals surface area contributed by atoms with Crippen molar-refractivity contribution in [2.45, 2.75) is 27.2 Å². The Morgan fingerprint density at radius 2 is 2.05 bits per heavy atom. The first-order valence-electron chi connectivity index (χ1n) is 6.36. The van der Waals surface area contributed by atoms with Gasteiger partial charge in [-0.2, -0.15) is 5.10 Å². The maximum atomic E-state index is 10.8. The summed E-state index contributed by atoms with van der Waals surface area (Å²) < 4.78 is 7.16. The number of methoxy groups -OCH3 is 1. The van der Waals surface area contributed by atoms with Crippen molar-refractivity contribution >= 4 is 5.97 Å². The summed E-state index contributed by atoms with van der Waals surface area (Å²) >= 11 is 0. The molecule has 5 heteroatoms. The number of hydrogen-bond acceptors (Lipinski definition) is 3. The molecule has 0 aliphatic carbocycles. The molecule has 1 heterocycles. The Morgan fingerprint density at radius 1 is 1.35 bits per heavy atom. The number of carbonyl (C=O) groups is 1. The number of nitrogens with zero attached hydrogens (tertiary/aromatic N) is 2. The van der Waals surface area contributed by atoms with Gasteiger partial charge in [-0.05, 0) is 44.0 Å². The van der Waals surface area contributed by atoms with Crippen LogP contribution in [0.15, 0.2) is 18.2 Å². The number of benzene rings is 1. The molecule has 0 bridgehead atoms. The third-order valence-electron chi connectivity index (χ3n) is 3.48. The average Bonchev–Trinajstić information content (AvgIpc) is 2.66. The van der Waals surface area contributed by atoms with Gasteiger partial charge in [-0.25, -0.2) is 4.68 Å². The van der Waals surface area contributed by atoms with Gasteiger partial charge in [0.1, 0.15) is 11.4 Å². The summed E-state index contributed by atoms with van der Waals surface area (Å²) in [5.41, 5.74) is 4.58. The van der Waals surface area contributed by atoms with Crippen LogP contribution in [-0.2, 0) is 11.2 Å². The van der Waals surface area contributed by atoms with Crippen LogP contribution in [0.1, 0.15) is 22.5 Å². The third-order valence-corrected chi connectivity index (χ3v) is 3.48. The molecule has 0 atom stereocenters. The van der Waals surface area contributed by atoms with Crippen molar-refractivity contribution in [1.82, 2.24) is 9.78 Å². The van der Waals surface area contributed by atoms with E-state index < -0.39 is 5.97 Å². The minimum Gasteiger partial charge on any atom is -0.494 e. The summed E-state index contributed by atoms with van der Waals surface area (Å²) in [6, 6.07) is 5.35. The van der Waals surface area contributed by atoms with E-state index in [4.69, 9.17) is 9.84 Å². The van der Waals surface area contributed by atoms with Gasteiger partial charge in [0.05, 0.1) is 19.2 Å². The van der Waals surface area contributed by atoms with Crippen LogP contribution in [0.2, 0.25) is 0 Å². The number of carboxylic acids is 1. The van der Waals surface area contributed by atoms with Gasteiger partial charge in [0.2, 0.25) is 0 Å². The summed E-state index contributed by atoms with van der Waals surface area (Å²) in [6.07, 6.45) is -0.0186. The fourth-order valence-corrected chi connectivity index (χ4v) is 2.14. The molecule has 0 radical (unpaired) electrons. The lowest BCUT2D eigenvalue weighted by molar-refractivity contribution is -0.136. The van der Waals surface area contributed by atoms with Gasteiger partial charge < -0.3 is 9.84 Å². The van der Waals surface area contributed by atoms with E-state index in [1.807, 2.05) is 26.8 Å². The molecule has 0 amide bonds. The Bertz CT molecular complexity index is 659. The van der Waals surface area contributed by atoms with Crippen molar-refractivity contribution in [3.05, 3.63) is 40.7 Å². The van der Waals surface area contributed by atoms with E-state index in [0.29, 0.717) is 5.75 Å². The molecule has 0 aliphatic heterocycles. The van der Waals surface area contributed by atoms with Gasteiger partial charge in [0.25, 0.3) is 0 Å². The minimum atomic E-state index is -0.856. The maximum absolute atomic E-state index is 10.8. The molecule has 0 fully saturated rings. The average molecular weight is 274 g/mol. The molecule has 1 aromatic heterocycles. The number of rotatable bonds is 4. The third kappa shape index (κ3) is 2.52. The van der Waals surface area contributed by atoms with Crippen molar-refractivity contribution in [2.24, 2.45) is 0 Å². The molecule has 106 valence electrons. The van der Waals surface area contributed by atoms with Gasteiger partial charge in [-0.1, -0.05) is 6.07 Å².